The van der Waals surface area contributed by atoms with Crippen molar-refractivity contribution in [3.63, 3.8) is 0 Å². The highest BCUT2D eigenvalue weighted by atomic mass is 32.4. The van der Waals surface area contributed by atoms with E-state index in [-0.39, 0.29) is 0 Å². The van der Waals surface area contributed by atoms with E-state index in [0.29, 0.717) is 0 Å². The number of hydrogen-bond acceptors (Lipinski definition) is 1. The van der Waals surface area contributed by atoms with Crippen molar-refractivity contribution in [3.8, 4) is 0 Å². The second-order valence-electron chi connectivity index (χ2n) is 1.48. The lowest BCUT2D eigenvalue weighted by Gasteiger charge is -2.06. The number of rotatable bonds is 2. The normalized spacial score (nSPS) is 11.9. The maximum Gasteiger partial charge on any atom is 0.0631 e. The molecule has 0 amide bonds. The van der Waals surface area contributed by atoms with Crippen LogP contribution in [0.15, 0.2) is 0 Å². The highest BCUT2D eigenvalue weighted by Gasteiger charge is 2.02. The van der Waals surface area contributed by atoms with Crippen molar-refractivity contribution in [2.24, 2.45) is 0 Å². The van der Waals surface area contributed by atoms with Crippen LogP contribution in [-0.4, -0.2) is 17.2 Å². The Balaban J connectivity index is 3.61. The van der Waals surface area contributed by atoms with Crippen molar-refractivity contribution >= 4 is 18.1 Å². The van der Waals surface area contributed by atoms with Crippen LogP contribution in [-0.2, 0) is 11.8 Å². The first kappa shape index (κ1) is 7.61. The first-order chi connectivity index (χ1) is 3.12. The fourth-order valence-electron chi connectivity index (χ4n) is 0.224. The molecule has 0 aromatic carbocycles. The average Bonchev–Trinajstić information content (AvgIpc) is 1.68. The van der Waals surface area contributed by atoms with Crippen molar-refractivity contribution in [3.05, 3.63) is 0 Å². The van der Waals surface area contributed by atoms with E-state index < -0.39 is 6.26 Å². The quantitative estimate of drug-likeness (QED) is 0.582. The van der Waals surface area contributed by atoms with Crippen LogP contribution in [0.25, 0.3) is 0 Å². The molecule has 44 valence electrons. The lowest BCUT2D eigenvalue weighted by molar-refractivity contribution is 0.623. The summed E-state index contributed by atoms with van der Waals surface area (Å²) in [6.45, 7) is 3.87. The molecule has 0 aliphatic carbocycles. The summed E-state index contributed by atoms with van der Waals surface area (Å²) in [5, 5.41) is 0. The summed E-state index contributed by atoms with van der Waals surface area (Å²) in [6, 6.07) is 0. The largest absolute Gasteiger partial charge is 0.365 e. The van der Waals surface area contributed by atoms with E-state index >= 15 is 0 Å². The second-order valence-corrected chi connectivity index (χ2v) is 6.48. The van der Waals surface area contributed by atoms with Crippen LogP contribution in [0.3, 0.4) is 0 Å². The zero-order valence-electron chi connectivity index (χ0n) is 4.72. The summed E-state index contributed by atoms with van der Waals surface area (Å²) in [5.41, 5.74) is 0. The van der Waals surface area contributed by atoms with E-state index in [4.69, 9.17) is 16.7 Å². The SMILES string of the molecule is CCP(O)(=S)CC. The topological polar surface area (TPSA) is 20.2 Å². The van der Waals surface area contributed by atoms with Gasteiger partial charge in [0.05, 0.1) is 6.26 Å². The van der Waals surface area contributed by atoms with Gasteiger partial charge < -0.3 is 4.89 Å². The van der Waals surface area contributed by atoms with Crippen molar-refractivity contribution in [1.29, 1.82) is 0 Å². The lowest BCUT2D eigenvalue weighted by Crippen LogP contribution is -1.83. The average molecular weight is 138 g/mol. The Morgan fingerprint density at radius 2 is 1.71 bits per heavy atom. The molecule has 0 rings (SSSR count). The molecule has 0 atom stereocenters. The molecule has 0 bridgehead atoms. The van der Waals surface area contributed by atoms with E-state index in [0.717, 1.165) is 12.3 Å². The van der Waals surface area contributed by atoms with E-state index in [9.17, 15) is 0 Å². The van der Waals surface area contributed by atoms with Crippen molar-refractivity contribution in [2.45, 2.75) is 13.8 Å². The second kappa shape index (κ2) is 2.81. The summed E-state index contributed by atoms with van der Waals surface area (Å²) in [4.78, 5) is 9.06. The molecule has 0 aliphatic heterocycles. The molecule has 0 radical (unpaired) electrons. The zero-order valence-corrected chi connectivity index (χ0v) is 6.43. The van der Waals surface area contributed by atoms with Gasteiger partial charge in [-0.2, -0.15) is 0 Å². The molecule has 1 nitrogen and oxygen atoms in total. The summed E-state index contributed by atoms with van der Waals surface area (Å²) in [7, 11) is 0. The van der Waals surface area contributed by atoms with E-state index in [1.54, 1.807) is 0 Å². The highest BCUT2D eigenvalue weighted by molar-refractivity contribution is 8.11. The minimum absolute atomic E-state index is 0.777. The maximum atomic E-state index is 9.06. The molecule has 0 saturated carbocycles. The Morgan fingerprint density at radius 3 is 1.71 bits per heavy atom. The Hall–Kier alpha value is 0.610. The van der Waals surface area contributed by atoms with Crippen LogP contribution in [0.5, 0.6) is 0 Å². The molecule has 7 heavy (non-hydrogen) atoms. The van der Waals surface area contributed by atoms with Gasteiger partial charge in [0.1, 0.15) is 0 Å². The van der Waals surface area contributed by atoms with Gasteiger partial charge in [0.15, 0.2) is 0 Å². The van der Waals surface area contributed by atoms with Gasteiger partial charge in [-0.3, -0.25) is 0 Å². The molecule has 0 aromatic heterocycles. The Labute approximate surface area is 49.8 Å². The molecule has 0 fully saturated rings. The minimum atomic E-state index is -1.82. The standard InChI is InChI=1S/C4H11OPS/c1-3-6(5,7)4-2/h3-4H2,1-2H3,(H,5,7). The van der Waals surface area contributed by atoms with E-state index in [2.05, 4.69) is 0 Å². The molecule has 0 saturated heterocycles. The summed E-state index contributed by atoms with van der Waals surface area (Å²) < 4.78 is 0. The van der Waals surface area contributed by atoms with Crippen LogP contribution >= 0.6 is 6.26 Å². The van der Waals surface area contributed by atoms with Crippen LogP contribution in [0, 0.1) is 0 Å². The van der Waals surface area contributed by atoms with Gasteiger partial charge >= 0.3 is 0 Å². The van der Waals surface area contributed by atoms with Gasteiger partial charge in [-0.1, -0.05) is 25.7 Å². The van der Waals surface area contributed by atoms with Crippen LogP contribution < -0.4 is 0 Å². The van der Waals surface area contributed by atoms with Gasteiger partial charge in [-0.25, -0.2) is 0 Å². The fourth-order valence-corrected chi connectivity index (χ4v) is 0.671. The van der Waals surface area contributed by atoms with Gasteiger partial charge in [0.25, 0.3) is 0 Å². The first-order valence-corrected chi connectivity index (χ1v) is 5.55. The molecule has 0 aliphatic rings. The van der Waals surface area contributed by atoms with Gasteiger partial charge in [-0.15, -0.1) is 0 Å². The Bertz CT molecular complexity index is 83.7. The predicted molar refractivity (Wildman–Crippen MR) is 37.6 cm³/mol. The van der Waals surface area contributed by atoms with Crippen LogP contribution in [0.2, 0.25) is 0 Å². The zero-order chi connectivity index (χ0) is 5.91. The van der Waals surface area contributed by atoms with Crippen molar-refractivity contribution < 1.29 is 4.89 Å². The lowest BCUT2D eigenvalue weighted by atomic mass is 11.0. The molecular formula is C4H11OPS. The third kappa shape index (κ3) is 3.22. The molecule has 0 spiro atoms. The smallest absolute Gasteiger partial charge is 0.0631 e. The Morgan fingerprint density at radius 1 is 1.43 bits per heavy atom. The van der Waals surface area contributed by atoms with Gasteiger partial charge in [-0.05, 0) is 12.3 Å². The summed E-state index contributed by atoms with van der Waals surface area (Å²) >= 11 is 4.81. The number of hydrogen-bond donors (Lipinski definition) is 1. The monoisotopic (exact) mass is 138 g/mol. The molecule has 0 unspecified atom stereocenters. The molecular weight excluding hydrogens is 127 g/mol. The maximum absolute atomic E-state index is 9.06. The third-order valence-electron chi connectivity index (χ3n) is 0.988. The van der Waals surface area contributed by atoms with E-state index in [1.807, 2.05) is 13.8 Å². The summed E-state index contributed by atoms with van der Waals surface area (Å²) in [5.74, 6) is 0. The van der Waals surface area contributed by atoms with Crippen LogP contribution in [0.1, 0.15) is 13.8 Å². The third-order valence-corrected chi connectivity index (χ3v) is 4.51. The molecule has 0 aromatic rings. The van der Waals surface area contributed by atoms with E-state index in [1.165, 1.54) is 0 Å². The highest BCUT2D eigenvalue weighted by Crippen LogP contribution is 2.38. The van der Waals surface area contributed by atoms with Gasteiger partial charge in [0.2, 0.25) is 0 Å². The van der Waals surface area contributed by atoms with Crippen molar-refractivity contribution in [2.75, 3.05) is 12.3 Å². The van der Waals surface area contributed by atoms with Crippen molar-refractivity contribution in [1.82, 2.24) is 0 Å². The molecule has 1 N–H and O–H groups in total. The minimum Gasteiger partial charge on any atom is -0.365 e. The first-order valence-electron chi connectivity index (χ1n) is 2.43. The van der Waals surface area contributed by atoms with Gasteiger partial charge in [0, 0.05) is 0 Å². The molecule has 3 heteroatoms. The van der Waals surface area contributed by atoms with Crippen LogP contribution in [0.4, 0.5) is 0 Å². The summed E-state index contributed by atoms with van der Waals surface area (Å²) in [6.07, 6.45) is -0.268. The molecule has 0 heterocycles. The predicted octanol–water partition coefficient (Wildman–Crippen LogP) is 1.41. The Kier molecular flexibility index (Phi) is 3.05. The fraction of sp³-hybridized carbons (Fsp3) is 1.00.